The Morgan fingerprint density at radius 2 is 2.45 bits per heavy atom. The van der Waals surface area contributed by atoms with E-state index in [1.54, 1.807) is 12.1 Å². The lowest BCUT2D eigenvalue weighted by atomic mass is 10.3. The van der Waals surface area contributed by atoms with E-state index in [1.807, 2.05) is 12.1 Å². The maximum atomic E-state index is 10.7. The highest BCUT2D eigenvalue weighted by atomic mass is 35.5. The predicted octanol–water partition coefficient (Wildman–Crippen LogP) is 1.66. The van der Waals surface area contributed by atoms with Crippen LogP contribution in [0, 0.1) is 6.07 Å². The Bertz CT molecular complexity index is 235. The Labute approximate surface area is 70.2 Å². The monoisotopic (exact) mass is 168 g/mol. The normalized spacial score (nSPS) is 9.18. The number of hydrogen-bond donors (Lipinski definition) is 1. The van der Waals surface area contributed by atoms with Crippen molar-refractivity contribution in [3.05, 3.63) is 30.3 Å². The second-order valence-electron chi connectivity index (χ2n) is 1.96. The van der Waals surface area contributed by atoms with Gasteiger partial charge < -0.3 is 5.32 Å². The number of hydrogen-bond acceptors (Lipinski definition) is 1. The summed E-state index contributed by atoms with van der Waals surface area (Å²) in [6, 6.07) is 9.97. The van der Waals surface area contributed by atoms with Crippen molar-refractivity contribution in [3.63, 3.8) is 0 Å². The maximum absolute atomic E-state index is 10.7. The minimum Gasteiger partial charge on any atom is -0.324 e. The molecule has 57 valence electrons. The molecule has 1 radical (unpaired) electrons. The zero-order chi connectivity index (χ0) is 8.10. The lowest BCUT2D eigenvalue weighted by molar-refractivity contribution is -0.113. The topological polar surface area (TPSA) is 29.1 Å². The van der Waals surface area contributed by atoms with E-state index < -0.39 is 0 Å². The number of alkyl halides is 1. The number of amides is 1. The summed E-state index contributed by atoms with van der Waals surface area (Å²) >= 11 is 5.28. The third-order valence-corrected chi connectivity index (χ3v) is 1.35. The first-order valence-corrected chi connectivity index (χ1v) is 3.69. The summed E-state index contributed by atoms with van der Waals surface area (Å²) in [4.78, 5) is 10.7. The number of rotatable bonds is 2. The van der Waals surface area contributed by atoms with Crippen LogP contribution in [-0.4, -0.2) is 11.8 Å². The molecule has 0 bridgehead atoms. The largest absolute Gasteiger partial charge is 0.324 e. The molecule has 0 atom stereocenters. The molecule has 1 aromatic carbocycles. The van der Waals surface area contributed by atoms with Gasteiger partial charge in [0.1, 0.15) is 5.88 Å². The minimum absolute atomic E-state index is 0.0251. The summed E-state index contributed by atoms with van der Waals surface area (Å²) in [6.45, 7) is 0. The zero-order valence-corrected chi connectivity index (χ0v) is 6.56. The summed E-state index contributed by atoms with van der Waals surface area (Å²) < 4.78 is 0. The van der Waals surface area contributed by atoms with Crippen molar-refractivity contribution >= 4 is 23.2 Å². The van der Waals surface area contributed by atoms with Gasteiger partial charge >= 0.3 is 0 Å². The van der Waals surface area contributed by atoms with Crippen LogP contribution in [-0.2, 0) is 4.79 Å². The standard InChI is InChI=1S/C8H7ClNO/c9-6-8(11)10-7-4-2-1-3-5-7/h1-4H,6H2,(H,10,11). The molecule has 0 aromatic heterocycles. The van der Waals surface area contributed by atoms with Crippen molar-refractivity contribution in [3.8, 4) is 0 Å². The number of benzene rings is 1. The molecule has 0 unspecified atom stereocenters. The van der Waals surface area contributed by atoms with E-state index in [0.29, 0.717) is 5.69 Å². The van der Waals surface area contributed by atoms with Crippen LogP contribution in [0.25, 0.3) is 0 Å². The van der Waals surface area contributed by atoms with Crippen LogP contribution in [0.5, 0.6) is 0 Å². The fourth-order valence-electron chi connectivity index (χ4n) is 0.655. The van der Waals surface area contributed by atoms with Crippen molar-refractivity contribution in [2.75, 3.05) is 11.2 Å². The minimum atomic E-state index is -0.214. The van der Waals surface area contributed by atoms with Crippen molar-refractivity contribution in [2.24, 2.45) is 0 Å². The van der Waals surface area contributed by atoms with Crippen molar-refractivity contribution in [1.82, 2.24) is 0 Å². The van der Waals surface area contributed by atoms with E-state index in [4.69, 9.17) is 11.6 Å². The number of carbonyl (C=O) groups is 1. The fourth-order valence-corrected chi connectivity index (χ4v) is 0.722. The zero-order valence-electron chi connectivity index (χ0n) is 5.80. The average Bonchev–Trinajstić information content (AvgIpc) is 2.06. The van der Waals surface area contributed by atoms with Gasteiger partial charge in [-0.25, -0.2) is 0 Å². The van der Waals surface area contributed by atoms with Gasteiger partial charge in [-0.2, -0.15) is 0 Å². The number of carbonyl (C=O) groups excluding carboxylic acids is 1. The molecular weight excluding hydrogens is 162 g/mol. The third-order valence-electron chi connectivity index (χ3n) is 1.10. The van der Waals surface area contributed by atoms with Gasteiger partial charge in [0.05, 0.1) is 0 Å². The number of anilines is 1. The molecule has 11 heavy (non-hydrogen) atoms. The first kappa shape index (κ1) is 8.08. The van der Waals surface area contributed by atoms with Crippen molar-refractivity contribution in [2.45, 2.75) is 0 Å². The van der Waals surface area contributed by atoms with Gasteiger partial charge in [-0.3, -0.25) is 4.79 Å². The predicted molar refractivity (Wildman–Crippen MR) is 44.6 cm³/mol. The molecule has 1 amide bonds. The highest BCUT2D eigenvalue weighted by molar-refractivity contribution is 6.29. The molecule has 0 saturated heterocycles. The molecule has 0 aliphatic heterocycles. The van der Waals surface area contributed by atoms with Crippen LogP contribution in [0.1, 0.15) is 0 Å². The molecule has 0 heterocycles. The van der Waals surface area contributed by atoms with Gasteiger partial charge in [-0.1, -0.05) is 18.2 Å². The van der Waals surface area contributed by atoms with E-state index in [0.717, 1.165) is 0 Å². The van der Waals surface area contributed by atoms with Gasteiger partial charge in [-0.05, 0) is 6.07 Å². The summed E-state index contributed by atoms with van der Waals surface area (Å²) in [5, 5.41) is 2.57. The smallest absolute Gasteiger partial charge is 0.239 e. The van der Waals surface area contributed by atoms with Crippen LogP contribution in [0.4, 0.5) is 5.69 Å². The third kappa shape index (κ3) is 2.60. The van der Waals surface area contributed by atoms with Gasteiger partial charge in [0, 0.05) is 11.8 Å². The van der Waals surface area contributed by atoms with Gasteiger partial charge in [0.25, 0.3) is 0 Å². The van der Waals surface area contributed by atoms with Crippen molar-refractivity contribution < 1.29 is 4.79 Å². The molecule has 2 nitrogen and oxygen atoms in total. The quantitative estimate of drug-likeness (QED) is 0.669. The van der Waals surface area contributed by atoms with Crippen LogP contribution >= 0.6 is 11.6 Å². The molecule has 0 aliphatic carbocycles. The average molecular weight is 169 g/mol. The molecule has 1 N–H and O–H groups in total. The Morgan fingerprint density at radius 3 is 3.00 bits per heavy atom. The molecule has 1 rings (SSSR count). The Hall–Kier alpha value is -1.02. The summed E-state index contributed by atoms with van der Waals surface area (Å²) in [5.74, 6) is -0.239. The lowest BCUT2D eigenvalue weighted by Crippen LogP contribution is -2.12. The number of para-hydroxylation sites is 1. The highest BCUT2D eigenvalue weighted by Crippen LogP contribution is 2.03. The molecule has 1 aromatic rings. The number of nitrogens with one attached hydrogen (secondary N) is 1. The van der Waals surface area contributed by atoms with E-state index in [9.17, 15) is 4.79 Å². The van der Waals surface area contributed by atoms with E-state index in [2.05, 4.69) is 11.4 Å². The first-order chi connectivity index (χ1) is 5.33. The molecular formula is C8H7ClNO. The number of halogens is 1. The maximum Gasteiger partial charge on any atom is 0.239 e. The van der Waals surface area contributed by atoms with Crippen molar-refractivity contribution in [1.29, 1.82) is 0 Å². The summed E-state index contributed by atoms with van der Waals surface area (Å²) in [6.07, 6.45) is 0. The summed E-state index contributed by atoms with van der Waals surface area (Å²) in [5.41, 5.74) is 0.651. The van der Waals surface area contributed by atoms with E-state index in [-0.39, 0.29) is 11.8 Å². The Kier molecular flexibility index (Phi) is 2.93. The van der Waals surface area contributed by atoms with Crippen LogP contribution < -0.4 is 5.32 Å². The molecule has 3 heteroatoms. The van der Waals surface area contributed by atoms with E-state index in [1.165, 1.54) is 0 Å². The van der Waals surface area contributed by atoms with Crippen LogP contribution in [0.3, 0.4) is 0 Å². The lowest BCUT2D eigenvalue weighted by Gasteiger charge is -1.99. The fraction of sp³-hybridized carbons (Fsp3) is 0.125. The van der Waals surface area contributed by atoms with Crippen LogP contribution in [0.2, 0.25) is 0 Å². The van der Waals surface area contributed by atoms with Gasteiger partial charge in [0.2, 0.25) is 5.91 Å². The summed E-state index contributed by atoms with van der Waals surface area (Å²) in [7, 11) is 0. The molecule has 0 aliphatic rings. The van der Waals surface area contributed by atoms with Gasteiger partial charge in [0.15, 0.2) is 0 Å². The molecule has 0 saturated carbocycles. The van der Waals surface area contributed by atoms with E-state index >= 15 is 0 Å². The molecule has 0 fully saturated rings. The molecule has 0 spiro atoms. The SMILES string of the molecule is O=C(CCl)Nc1[c]cccc1. The Morgan fingerprint density at radius 1 is 1.64 bits per heavy atom. The second-order valence-corrected chi connectivity index (χ2v) is 2.23. The highest BCUT2D eigenvalue weighted by Gasteiger charge is 1.97. The Balaban J connectivity index is 2.58. The first-order valence-electron chi connectivity index (χ1n) is 3.15. The van der Waals surface area contributed by atoms with Crippen LogP contribution in [0.15, 0.2) is 24.3 Å². The second kappa shape index (κ2) is 3.98. The van der Waals surface area contributed by atoms with Gasteiger partial charge in [-0.15, -0.1) is 11.6 Å².